The lowest BCUT2D eigenvalue weighted by atomic mass is 10.2. The van der Waals surface area contributed by atoms with E-state index in [2.05, 4.69) is 43.8 Å². The maximum absolute atomic E-state index is 12.2. The summed E-state index contributed by atoms with van der Waals surface area (Å²) in [6.07, 6.45) is 0. The number of rotatable bonds is 4. The zero-order valence-electron chi connectivity index (χ0n) is 10.8. The average Bonchev–Trinajstić information content (AvgIpc) is 2.47. The number of ether oxygens (including phenoxy) is 1. The minimum atomic E-state index is -0.110. The first kappa shape index (κ1) is 15.3. The van der Waals surface area contributed by atoms with Crippen LogP contribution in [0.4, 0.5) is 0 Å². The van der Waals surface area contributed by atoms with Crippen molar-refractivity contribution in [3.63, 3.8) is 0 Å². The fourth-order valence-electron chi connectivity index (χ4n) is 1.79. The highest BCUT2D eigenvalue weighted by atomic mass is 127. The summed E-state index contributed by atoms with van der Waals surface area (Å²) < 4.78 is 7.07. The van der Waals surface area contributed by atoms with E-state index < -0.39 is 0 Å². The van der Waals surface area contributed by atoms with E-state index in [9.17, 15) is 4.79 Å². The van der Waals surface area contributed by atoms with Crippen molar-refractivity contribution in [3.05, 3.63) is 61.6 Å². The van der Waals surface area contributed by atoms with Gasteiger partial charge in [-0.05, 0) is 62.8 Å². The number of carbonyl (C=O) groups is 1. The number of hydrogen-bond donors (Lipinski definition) is 1. The molecule has 2 aromatic carbocycles. The Hall–Kier alpha value is -1.08. The molecule has 0 fully saturated rings. The Kier molecular flexibility index (Phi) is 5.42. The van der Waals surface area contributed by atoms with Crippen LogP contribution in [0.5, 0.6) is 5.75 Å². The monoisotopic (exact) mass is 445 g/mol. The molecule has 104 valence electrons. The average molecular weight is 446 g/mol. The lowest BCUT2D eigenvalue weighted by Crippen LogP contribution is -2.23. The molecule has 0 aliphatic rings. The normalized spacial score (nSPS) is 10.2. The Balaban J connectivity index is 2.11. The molecule has 0 saturated heterocycles. The topological polar surface area (TPSA) is 38.3 Å². The van der Waals surface area contributed by atoms with E-state index in [1.165, 1.54) is 0 Å². The number of halogens is 2. The lowest BCUT2D eigenvalue weighted by molar-refractivity contribution is 0.0950. The quantitative estimate of drug-likeness (QED) is 0.722. The van der Waals surface area contributed by atoms with Crippen LogP contribution in [0.3, 0.4) is 0 Å². The van der Waals surface area contributed by atoms with Gasteiger partial charge in [0.25, 0.3) is 5.91 Å². The first-order valence-corrected chi connectivity index (χ1v) is 7.84. The molecule has 20 heavy (non-hydrogen) atoms. The highest BCUT2D eigenvalue weighted by molar-refractivity contribution is 14.1. The minimum Gasteiger partial charge on any atom is -0.496 e. The van der Waals surface area contributed by atoms with Crippen molar-refractivity contribution in [1.29, 1.82) is 0 Å². The molecule has 0 radical (unpaired) electrons. The van der Waals surface area contributed by atoms with E-state index in [0.29, 0.717) is 12.1 Å². The van der Waals surface area contributed by atoms with Crippen LogP contribution in [0.15, 0.2) is 46.9 Å². The zero-order chi connectivity index (χ0) is 14.5. The number of hydrogen-bond acceptors (Lipinski definition) is 2. The molecular weight excluding hydrogens is 433 g/mol. The Morgan fingerprint density at radius 3 is 2.80 bits per heavy atom. The van der Waals surface area contributed by atoms with Gasteiger partial charge in [0.15, 0.2) is 0 Å². The van der Waals surface area contributed by atoms with Crippen molar-refractivity contribution in [3.8, 4) is 5.75 Å². The van der Waals surface area contributed by atoms with E-state index in [1.807, 2.05) is 42.5 Å². The van der Waals surface area contributed by atoms with Crippen LogP contribution < -0.4 is 10.1 Å². The van der Waals surface area contributed by atoms with Gasteiger partial charge in [0.1, 0.15) is 5.75 Å². The molecule has 1 amide bonds. The summed E-state index contributed by atoms with van der Waals surface area (Å²) in [4.78, 5) is 12.2. The molecule has 0 aliphatic heterocycles. The molecule has 1 N–H and O–H groups in total. The molecule has 2 aromatic rings. The van der Waals surface area contributed by atoms with Gasteiger partial charge in [0, 0.05) is 20.2 Å². The summed E-state index contributed by atoms with van der Waals surface area (Å²) in [6, 6.07) is 13.3. The number of benzene rings is 2. The molecule has 0 bridgehead atoms. The molecule has 0 atom stereocenters. The summed E-state index contributed by atoms with van der Waals surface area (Å²) in [5, 5.41) is 2.91. The smallest absolute Gasteiger partial charge is 0.252 e. The van der Waals surface area contributed by atoms with Crippen LogP contribution in [0, 0.1) is 3.57 Å². The second-order valence-corrected chi connectivity index (χ2v) is 6.22. The summed E-state index contributed by atoms with van der Waals surface area (Å²) in [6.45, 7) is 0.431. The maximum Gasteiger partial charge on any atom is 0.252 e. The standard InChI is InChI=1S/C15H13BrINO2/c1-20-14-5-3-2-4-10(14)9-18-15(19)12-8-11(17)6-7-13(12)16/h2-8H,9H2,1H3,(H,18,19). The summed E-state index contributed by atoms with van der Waals surface area (Å²) >= 11 is 5.58. The van der Waals surface area contributed by atoms with E-state index in [1.54, 1.807) is 7.11 Å². The summed E-state index contributed by atoms with van der Waals surface area (Å²) in [5.41, 5.74) is 1.58. The summed E-state index contributed by atoms with van der Waals surface area (Å²) in [5.74, 6) is 0.663. The predicted molar refractivity (Wildman–Crippen MR) is 91.0 cm³/mol. The molecule has 0 saturated carbocycles. The number of methoxy groups -OCH3 is 1. The Morgan fingerprint density at radius 2 is 2.05 bits per heavy atom. The van der Waals surface area contributed by atoms with Gasteiger partial charge in [-0.1, -0.05) is 18.2 Å². The fourth-order valence-corrected chi connectivity index (χ4v) is 2.71. The number of para-hydroxylation sites is 1. The van der Waals surface area contributed by atoms with Gasteiger partial charge >= 0.3 is 0 Å². The third-order valence-corrected chi connectivity index (χ3v) is 4.17. The van der Waals surface area contributed by atoms with Gasteiger partial charge in [0.2, 0.25) is 0 Å². The van der Waals surface area contributed by atoms with Crippen molar-refractivity contribution in [2.24, 2.45) is 0 Å². The van der Waals surface area contributed by atoms with E-state index in [-0.39, 0.29) is 5.91 Å². The maximum atomic E-state index is 12.2. The number of carbonyl (C=O) groups excluding carboxylic acids is 1. The second kappa shape index (κ2) is 7.08. The minimum absolute atomic E-state index is 0.110. The molecule has 3 nitrogen and oxygen atoms in total. The first-order chi connectivity index (χ1) is 9.61. The van der Waals surface area contributed by atoms with Crippen molar-refractivity contribution in [2.75, 3.05) is 7.11 Å². The summed E-state index contributed by atoms with van der Waals surface area (Å²) in [7, 11) is 1.62. The van der Waals surface area contributed by atoms with Crippen molar-refractivity contribution in [2.45, 2.75) is 6.54 Å². The highest BCUT2D eigenvalue weighted by Gasteiger charge is 2.11. The molecule has 0 spiro atoms. The van der Waals surface area contributed by atoms with Crippen LogP contribution in [-0.4, -0.2) is 13.0 Å². The van der Waals surface area contributed by atoms with E-state index >= 15 is 0 Å². The first-order valence-electron chi connectivity index (χ1n) is 5.97. The Morgan fingerprint density at radius 1 is 1.30 bits per heavy atom. The molecule has 2 rings (SSSR count). The van der Waals surface area contributed by atoms with Crippen LogP contribution in [0.1, 0.15) is 15.9 Å². The van der Waals surface area contributed by atoms with Crippen LogP contribution in [-0.2, 0) is 6.54 Å². The van der Waals surface area contributed by atoms with Crippen molar-refractivity contribution in [1.82, 2.24) is 5.32 Å². The van der Waals surface area contributed by atoms with Gasteiger partial charge in [-0.3, -0.25) is 4.79 Å². The lowest BCUT2D eigenvalue weighted by Gasteiger charge is -2.10. The Bertz CT molecular complexity index is 631. The zero-order valence-corrected chi connectivity index (χ0v) is 14.6. The second-order valence-electron chi connectivity index (χ2n) is 4.12. The van der Waals surface area contributed by atoms with Gasteiger partial charge in [0.05, 0.1) is 12.7 Å². The third kappa shape index (κ3) is 3.73. The molecule has 0 aromatic heterocycles. The van der Waals surface area contributed by atoms with Gasteiger partial charge < -0.3 is 10.1 Å². The van der Waals surface area contributed by atoms with Crippen LogP contribution in [0.25, 0.3) is 0 Å². The number of nitrogens with one attached hydrogen (secondary N) is 1. The van der Waals surface area contributed by atoms with Gasteiger partial charge in [-0.15, -0.1) is 0 Å². The SMILES string of the molecule is COc1ccccc1CNC(=O)c1cc(I)ccc1Br. The van der Waals surface area contributed by atoms with Gasteiger partial charge in [-0.2, -0.15) is 0 Å². The van der Waals surface area contributed by atoms with E-state index in [4.69, 9.17) is 4.74 Å². The van der Waals surface area contributed by atoms with Crippen molar-refractivity contribution >= 4 is 44.4 Å². The largest absolute Gasteiger partial charge is 0.496 e. The third-order valence-electron chi connectivity index (χ3n) is 2.80. The van der Waals surface area contributed by atoms with Crippen LogP contribution >= 0.6 is 38.5 Å². The van der Waals surface area contributed by atoms with Crippen molar-refractivity contribution < 1.29 is 9.53 Å². The van der Waals surface area contributed by atoms with Crippen LogP contribution in [0.2, 0.25) is 0 Å². The molecule has 5 heteroatoms. The highest BCUT2D eigenvalue weighted by Crippen LogP contribution is 2.20. The molecule has 0 unspecified atom stereocenters. The molecule has 0 aliphatic carbocycles. The number of amides is 1. The van der Waals surface area contributed by atoms with Gasteiger partial charge in [-0.25, -0.2) is 0 Å². The Labute approximate surface area is 140 Å². The van der Waals surface area contributed by atoms with E-state index in [0.717, 1.165) is 19.4 Å². The predicted octanol–water partition coefficient (Wildman–Crippen LogP) is 3.99. The fraction of sp³-hybridized carbons (Fsp3) is 0.133. The molecule has 0 heterocycles. The molecular formula is C15H13BrINO2.